The van der Waals surface area contributed by atoms with Gasteiger partial charge in [-0.3, -0.25) is 0 Å². The maximum Gasteiger partial charge on any atom is 0.132 e. The van der Waals surface area contributed by atoms with Crippen LogP contribution in [-0.4, -0.2) is 5.11 Å². The van der Waals surface area contributed by atoms with Crippen molar-refractivity contribution >= 4 is 5.69 Å². The van der Waals surface area contributed by atoms with Crippen LogP contribution in [0, 0.1) is 5.82 Å². The van der Waals surface area contributed by atoms with Crippen LogP contribution in [0.5, 0.6) is 5.75 Å². The fourth-order valence-electron chi connectivity index (χ4n) is 2.16. The van der Waals surface area contributed by atoms with E-state index in [1.165, 1.54) is 11.6 Å². The van der Waals surface area contributed by atoms with Crippen molar-refractivity contribution in [1.82, 2.24) is 0 Å². The molecule has 1 unspecified atom stereocenters. The zero-order chi connectivity index (χ0) is 14.7. The van der Waals surface area contributed by atoms with E-state index < -0.39 is 5.82 Å². The average molecular weight is 273 g/mol. The molecule has 0 aromatic heterocycles. The fraction of sp³-hybridized carbons (Fsp3) is 0.294. The van der Waals surface area contributed by atoms with E-state index in [1.807, 2.05) is 19.1 Å². The Labute approximate surface area is 119 Å². The Morgan fingerprint density at radius 3 is 2.20 bits per heavy atom. The summed E-state index contributed by atoms with van der Waals surface area (Å²) in [7, 11) is 0. The predicted octanol–water partition coefficient (Wildman–Crippen LogP) is 4.83. The molecule has 0 aliphatic heterocycles. The molecule has 0 spiro atoms. The predicted molar refractivity (Wildman–Crippen MR) is 80.6 cm³/mol. The molecular weight excluding hydrogens is 253 g/mol. The van der Waals surface area contributed by atoms with Crippen molar-refractivity contribution in [3.05, 3.63) is 59.4 Å². The molecule has 2 aromatic rings. The van der Waals surface area contributed by atoms with E-state index in [4.69, 9.17) is 0 Å². The van der Waals surface area contributed by atoms with Crippen molar-refractivity contribution in [3.8, 4) is 5.75 Å². The van der Waals surface area contributed by atoms with Crippen molar-refractivity contribution in [3.63, 3.8) is 0 Å². The molecule has 2 N–H and O–H groups in total. The van der Waals surface area contributed by atoms with Gasteiger partial charge in [0.25, 0.3) is 0 Å². The average Bonchev–Trinajstić information content (AvgIpc) is 2.39. The van der Waals surface area contributed by atoms with Gasteiger partial charge in [0.1, 0.15) is 11.6 Å². The van der Waals surface area contributed by atoms with Gasteiger partial charge in [0.2, 0.25) is 0 Å². The van der Waals surface area contributed by atoms with Crippen LogP contribution in [0.2, 0.25) is 0 Å². The third-order valence-corrected chi connectivity index (χ3v) is 3.41. The van der Waals surface area contributed by atoms with Gasteiger partial charge < -0.3 is 10.4 Å². The Balaban J connectivity index is 2.12. The zero-order valence-electron chi connectivity index (χ0n) is 12.0. The number of halogens is 1. The van der Waals surface area contributed by atoms with Gasteiger partial charge in [-0.15, -0.1) is 0 Å². The number of phenolic OH excluding ortho intramolecular Hbond substituents is 1. The molecule has 2 rings (SSSR count). The Bertz CT molecular complexity index is 578. The van der Waals surface area contributed by atoms with E-state index >= 15 is 0 Å². The van der Waals surface area contributed by atoms with E-state index in [2.05, 4.69) is 31.3 Å². The minimum atomic E-state index is -0.399. The number of hydrogen-bond donors (Lipinski definition) is 2. The molecule has 106 valence electrons. The Hall–Kier alpha value is -2.03. The summed E-state index contributed by atoms with van der Waals surface area (Å²) in [4.78, 5) is 0. The molecule has 0 bridgehead atoms. The maximum atomic E-state index is 13.8. The van der Waals surface area contributed by atoms with Crippen LogP contribution < -0.4 is 5.32 Å². The first kappa shape index (κ1) is 14.4. The second-order valence-electron chi connectivity index (χ2n) is 5.35. The smallest absolute Gasteiger partial charge is 0.132 e. The SMILES string of the molecule is CC(C)c1ccc(NC(C)c2ccc(O)cc2F)cc1. The van der Waals surface area contributed by atoms with Crippen LogP contribution >= 0.6 is 0 Å². The van der Waals surface area contributed by atoms with Gasteiger partial charge in [0, 0.05) is 17.3 Å². The second kappa shape index (κ2) is 5.95. The van der Waals surface area contributed by atoms with Gasteiger partial charge in [-0.2, -0.15) is 0 Å². The third-order valence-electron chi connectivity index (χ3n) is 3.41. The lowest BCUT2D eigenvalue weighted by molar-refractivity contribution is 0.467. The van der Waals surface area contributed by atoms with Crippen LogP contribution in [-0.2, 0) is 0 Å². The summed E-state index contributed by atoms with van der Waals surface area (Å²) in [5.41, 5.74) is 2.77. The van der Waals surface area contributed by atoms with Gasteiger partial charge in [-0.25, -0.2) is 4.39 Å². The molecule has 0 amide bonds. The summed E-state index contributed by atoms with van der Waals surface area (Å²) in [5.74, 6) is 0.0413. The third kappa shape index (κ3) is 3.29. The van der Waals surface area contributed by atoms with Crippen molar-refractivity contribution < 1.29 is 9.50 Å². The molecule has 20 heavy (non-hydrogen) atoms. The Morgan fingerprint density at radius 1 is 1.00 bits per heavy atom. The van der Waals surface area contributed by atoms with E-state index in [0.717, 1.165) is 11.8 Å². The molecule has 2 aromatic carbocycles. The standard InChI is InChI=1S/C17H20FNO/c1-11(2)13-4-6-14(7-5-13)19-12(3)16-9-8-15(20)10-17(16)18/h4-12,19-20H,1-3H3. The maximum absolute atomic E-state index is 13.8. The topological polar surface area (TPSA) is 32.3 Å². The first-order valence-corrected chi connectivity index (χ1v) is 6.82. The summed E-state index contributed by atoms with van der Waals surface area (Å²) in [5, 5.41) is 12.5. The van der Waals surface area contributed by atoms with Gasteiger partial charge in [0.15, 0.2) is 0 Å². The fourth-order valence-corrected chi connectivity index (χ4v) is 2.16. The molecular formula is C17H20FNO. The van der Waals surface area contributed by atoms with Crippen LogP contribution in [0.15, 0.2) is 42.5 Å². The molecule has 0 aliphatic rings. The summed E-state index contributed by atoms with van der Waals surface area (Å²) in [6, 6.07) is 12.2. The lowest BCUT2D eigenvalue weighted by Gasteiger charge is -2.17. The lowest BCUT2D eigenvalue weighted by Crippen LogP contribution is -2.08. The molecule has 1 atom stereocenters. The molecule has 0 saturated heterocycles. The first-order valence-electron chi connectivity index (χ1n) is 6.82. The largest absolute Gasteiger partial charge is 0.508 e. The van der Waals surface area contributed by atoms with Crippen LogP contribution in [0.1, 0.15) is 43.9 Å². The van der Waals surface area contributed by atoms with Crippen molar-refractivity contribution in [2.75, 3.05) is 5.32 Å². The van der Waals surface area contributed by atoms with E-state index in [9.17, 15) is 9.50 Å². The van der Waals surface area contributed by atoms with Gasteiger partial charge >= 0.3 is 0 Å². The van der Waals surface area contributed by atoms with Gasteiger partial charge in [-0.1, -0.05) is 32.0 Å². The number of phenols is 1. The first-order chi connectivity index (χ1) is 9.47. The number of hydrogen-bond acceptors (Lipinski definition) is 2. The van der Waals surface area contributed by atoms with E-state index in [-0.39, 0.29) is 11.8 Å². The van der Waals surface area contributed by atoms with Crippen molar-refractivity contribution in [1.29, 1.82) is 0 Å². The van der Waals surface area contributed by atoms with Crippen LogP contribution in [0.4, 0.5) is 10.1 Å². The summed E-state index contributed by atoms with van der Waals surface area (Å²) < 4.78 is 13.8. The molecule has 0 fully saturated rings. The lowest BCUT2D eigenvalue weighted by atomic mass is 10.0. The highest BCUT2D eigenvalue weighted by atomic mass is 19.1. The van der Waals surface area contributed by atoms with Gasteiger partial charge in [-0.05, 0) is 36.6 Å². The monoisotopic (exact) mass is 273 g/mol. The van der Waals surface area contributed by atoms with Crippen LogP contribution in [0.3, 0.4) is 0 Å². The number of benzene rings is 2. The molecule has 0 radical (unpaired) electrons. The minimum absolute atomic E-state index is 0.0558. The summed E-state index contributed by atoms with van der Waals surface area (Å²) in [6.07, 6.45) is 0. The number of nitrogens with one attached hydrogen (secondary N) is 1. The van der Waals surface area contributed by atoms with E-state index in [0.29, 0.717) is 11.5 Å². The molecule has 0 aliphatic carbocycles. The Kier molecular flexibility index (Phi) is 4.28. The zero-order valence-corrected chi connectivity index (χ0v) is 12.0. The highest BCUT2D eigenvalue weighted by Gasteiger charge is 2.11. The molecule has 3 heteroatoms. The summed E-state index contributed by atoms with van der Waals surface area (Å²) in [6.45, 7) is 6.19. The molecule has 0 saturated carbocycles. The Morgan fingerprint density at radius 2 is 1.65 bits per heavy atom. The van der Waals surface area contributed by atoms with Crippen molar-refractivity contribution in [2.24, 2.45) is 0 Å². The van der Waals surface area contributed by atoms with Crippen molar-refractivity contribution in [2.45, 2.75) is 32.7 Å². The molecule has 2 nitrogen and oxygen atoms in total. The normalized spacial score (nSPS) is 12.4. The van der Waals surface area contributed by atoms with Gasteiger partial charge in [0.05, 0.1) is 6.04 Å². The van der Waals surface area contributed by atoms with Crippen LogP contribution in [0.25, 0.3) is 0 Å². The molecule has 0 heterocycles. The minimum Gasteiger partial charge on any atom is -0.508 e. The quantitative estimate of drug-likeness (QED) is 0.836. The number of anilines is 1. The second-order valence-corrected chi connectivity index (χ2v) is 5.35. The van der Waals surface area contributed by atoms with E-state index in [1.54, 1.807) is 6.07 Å². The number of rotatable bonds is 4. The number of aromatic hydroxyl groups is 1. The highest BCUT2D eigenvalue weighted by molar-refractivity contribution is 5.47. The summed E-state index contributed by atoms with van der Waals surface area (Å²) >= 11 is 0. The highest BCUT2D eigenvalue weighted by Crippen LogP contribution is 2.25.